The number of nitrogens with one attached hydrogen (secondary N) is 2. The van der Waals surface area contributed by atoms with Crippen LogP contribution in [0.5, 0.6) is 0 Å². The van der Waals surface area contributed by atoms with Crippen molar-refractivity contribution in [1.29, 1.82) is 0 Å². The van der Waals surface area contributed by atoms with Gasteiger partial charge in [0.05, 0.1) is 17.1 Å². The Morgan fingerprint density at radius 1 is 1.15 bits per heavy atom. The van der Waals surface area contributed by atoms with Gasteiger partial charge in [-0.1, -0.05) is 12.1 Å². The molecule has 1 aromatic rings. The second-order valence-electron chi connectivity index (χ2n) is 6.51. The third kappa shape index (κ3) is 5.96. The first-order valence-electron chi connectivity index (χ1n) is 8.56. The van der Waals surface area contributed by atoms with Gasteiger partial charge in [0, 0.05) is 16.2 Å². The maximum atomic E-state index is 12.3. The van der Waals surface area contributed by atoms with Crippen LogP contribution in [0.25, 0.3) is 0 Å². The van der Waals surface area contributed by atoms with Gasteiger partial charge < -0.3 is 10.1 Å². The Kier molecular flexibility index (Phi) is 6.05. The zero-order chi connectivity index (χ0) is 19.4. The zero-order valence-corrected chi connectivity index (χ0v) is 16.1. The summed E-state index contributed by atoms with van der Waals surface area (Å²) in [7, 11) is -3.01. The van der Waals surface area contributed by atoms with Gasteiger partial charge in [-0.15, -0.1) is 11.8 Å². The number of esters is 1. The van der Waals surface area contributed by atoms with E-state index < -0.39 is 34.4 Å². The van der Waals surface area contributed by atoms with Crippen LogP contribution in [0.1, 0.15) is 29.6 Å². The molecular weight excluding hydrogens is 392 g/mol. The highest BCUT2D eigenvalue weighted by atomic mass is 32.2. The van der Waals surface area contributed by atoms with Gasteiger partial charge in [0.25, 0.3) is 5.91 Å². The van der Waals surface area contributed by atoms with Gasteiger partial charge in [0.2, 0.25) is 0 Å². The van der Waals surface area contributed by atoms with Crippen molar-refractivity contribution in [3.05, 3.63) is 29.8 Å². The van der Waals surface area contributed by atoms with Crippen LogP contribution in [-0.2, 0) is 19.4 Å². The number of benzene rings is 1. The number of ether oxygens (including phenoxy) is 1. The minimum absolute atomic E-state index is 0.0829. The molecule has 8 nitrogen and oxygen atoms in total. The number of imide groups is 1. The Morgan fingerprint density at radius 2 is 1.89 bits per heavy atom. The summed E-state index contributed by atoms with van der Waals surface area (Å²) in [6.45, 7) is -0.576. The van der Waals surface area contributed by atoms with Gasteiger partial charge in [0.15, 0.2) is 16.4 Å². The molecule has 1 aliphatic heterocycles. The molecule has 1 saturated carbocycles. The summed E-state index contributed by atoms with van der Waals surface area (Å²) >= 11 is 1.32. The van der Waals surface area contributed by atoms with E-state index in [4.69, 9.17) is 4.74 Å². The number of amides is 3. The van der Waals surface area contributed by atoms with Crippen molar-refractivity contribution in [3.63, 3.8) is 0 Å². The van der Waals surface area contributed by atoms with E-state index in [1.165, 1.54) is 11.8 Å². The molecule has 1 atom stereocenters. The maximum Gasteiger partial charge on any atom is 0.339 e. The fourth-order valence-corrected chi connectivity index (χ4v) is 6.21. The number of carbonyl (C=O) groups is 3. The summed E-state index contributed by atoms with van der Waals surface area (Å²) in [4.78, 5) is 36.1. The zero-order valence-electron chi connectivity index (χ0n) is 14.5. The summed E-state index contributed by atoms with van der Waals surface area (Å²) in [5.74, 6) is -1.18. The molecule has 3 amide bonds. The van der Waals surface area contributed by atoms with E-state index >= 15 is 0 Å². The van der Waals surface area contributed by atoms with Crippen LogP contribution in [0, 0.1) is 0 Å². The minimum atomic E-state index is -3.01. The SMILES string of the molecule is O=C(COC(=O)c1ccccc1S[C@@H]1CCS(=O)(=O)C1)NC(=O)NC1CC1. The Hall–Kier alpha value is -2.07. The molecule has 3 rings (SSSR count). The second kappa shape index (κ2) is 8.30. The number of urea groups is 1. The Morgan fingerprint density at radius 3 is 2.56 bits per heavy atom. The van der Waals surface area contributed by atoms with Crippen LogP contribution < -0.4 is 10.6 Å². The van der Waals surface area contributed by atoms with Crippen molar-refractivity contribution in [2.45, 2.75) is 35.4 Å². The molecule has 0 radical (unpaired) electrons. The van der Waals surface area contributed by atoms with Crippen molar-refractivity contribution in [2.75, 3.05) is 18.1 Å². The smallest absolute Gasteiger partial charge is 0.339 e. The molecule has 2 N–H and O–H groups in total. The standard InChI is InChI=1S/C17H20N2O6S2/c20-15(19-17(22)18-11-5-6-11)9-25-16(21)13-3-1-2-4-14(13)26-12-7-8-27(23,24)10-12/h1-4,11-12H,5-10H2,(H2,18,19,20,22)/t12-/m1/s1. The highest BCUT2D eigenvalue weighted by Crippen LogP contribution is 2.33. The van der Waals surface area contributed by atoms with Crippen LogP contribution in [-0.4, -0.2) is 55.7 Å². The molecule has 0 aromatic heterocycles. The molecule has 1 aromatic carbocycles. The number of thioether (sulfide) groups is 1. The lowest BCUT2D eigenvalue weighted by molar-refractivity contribution is -0.123. The average molecular weight is 412 g/mol. The highest BCUT2D eigenvalue weighted by molar-refractivity contribution is 8.02. The van der Waals surface area contributed by atoms with Crippen molar-refractivity contribution in [2.24, 2.45) is 0 Å². The molecule has 0 spiro atoms. The first-order chi connectivity index (χ1) is 12.8. The monoisotopic (exact) mass is 412 g/mol. The predicted molar refractivity (Wildman–Crippen MR) is 99.3 cm³/mol. The molecule has 1 heterocycles. The molecule has 27 heavy (non-hydrogen) atoms. The summed E-state index contributed by atoms with van der Waals surface area (Å²) in [6, 6.07) is 6.20. The van der Waals surface area contributed by atoms with Gasteiger partial charge in [0.1, 0.15) is 0 Å². The normalized spacial score (nSPS) is 20.7. The Bertz CT molecular complexity index is 851. The predicted octanol–water partition coefficient (Wildman–Crippen LogP) is 1.11. The van der Waals surface area contributed by atoms with Crippen LogP contribution in [0.4, 0.5) is 4.79 Å². The van der Waals surface area contributed by atoms with Crippen LogP contribution in [0.3, 0.4) is 0 Å². The van der Waals surface area contributed by atoms with E-state index in [-0.39, 0.29) is 28.4 Å². The Balaban J connectivity index is 1.53. The second-order valence-corrected chi connectivity index (χ2v) is 10.1. The van der Waals surface area contributed by atoms with Gasteiger partial charge in [-0.25, -0.2) is 18.0 Å². The molecule has 2 aliphatic rings. The lowest BCUT2D eigenvalue weighted by Crippen LogP contribution is -2.42. The van der Waals surface area contributed by atoms with Crippen molar-refractivity contribution < 1.29 is 27.5 Å². The van der Waals surface area contributed by atoms with Crippen LogP contribution in [0.2, 0.25) is 0 Å². The van der Waals surface area contributed by atoms with E-state index in [1.807, 2.05) is 0 Å². The van der Waals surface area contributed by atoms with E-state index in [2.05, 4.69) is 10.6 Å². The third-order valence-electron chi connectivity index (χ3n) is 4.09. The quantitative estimate of drug-likeness (QED) is 0.672. The topological polar surface area (TPSA) is 119 Å². The minimum Gasteiger partial charge on any atom is -0.452 e. The first kappa shape index (κ1) is 19.7. The largest absolute Gasteiger partial charge is 0.452 e. The van der Waals surface area contributed by atoms with E-state index in [9.17, 15) is 22.8 Å². The lowest BCUT2D eigenvalue weighted by Gasteiger charge is -2.12. The highest BCUT2D eigenvalue weighted by Gasteiger charge is 2.30. The number of hydrogen-bond donors (Lipinski definition) is 2. The fourth-order valence-electron chi connectivity index (χ4n) is 2.59. The lowest BCUT2D eigenvalue weighted by atomic mass is 10.2. The third-order valence-corrected chi connectivity index (χ3v) is 7.42. The number of hydrogen-bond acceptors (Lipinski definition) is 7. The summed E-state index contributed by atoms with van der Waals surface area (Å²) in [5, 5.41) is 4.59. The van der Waals surface area contributed by atoms with Crippen molar-refractivity contribution >= 4 is 39.5 Å². The first-order valence-corrected chi connectivity index (χ1v) is 11.3. The molecular formula is C17H20N2O6S2. The average Bonchev–Trinajstić information content (AvgIpc) is 3.35. The molecule has 0 bridgehead atoms. The molecule has 1 saturated heterocycles. The number of rotatable bonds is 6. The van der Waals surface area contributed by atoms with Gasteiger partial charge in [-0.2, -0.15) is 0 Å². The van der Waals surface area contributed by atoms with Crippen molar-refractivity contribution in [3.8, 4) is 0 Å². The Labute approximate surface area is 161 Å². The van der Waals surface area contributed by atoms with E-state index in [0.29, 0.717) is 11.3 Å². The molecule has 0 unspecified atom stereocenters. The summed E-state index contributed by atoms with van der Waals surface area (Å²) < 4.78 is 28.2. The number of sulfone groups is 1. The molecule has 10 heteroatoms. The van der Waals surface area contributed by atoms with E-state index in [1.54, 1.807) is 24.3 Å². The maximum absolute atomic E-state index is 12.3. The fraction of sp³-hybridized carbons (Fsp3) is 0.471. The van der Waals surface area contributed by atoms with Crippen LogP contribution in [0.15, 0.2) is 29.2 Å². The van der Waals surface area contributed by atoms with Gasteiger partial charge >= 0.3 is 12.0 Å². The van der Waals surface area contributed by atoms with Crippen LogP contribution >= 0.6 is 11.8 Å². The summed E-state index contributed by atoms with van der Waals surface area (Å²) in [6.07, 6.45) is 2.33. The van der Waals surface area contributed by atoms with Gasteiger partial charge in [-0.3, -0.25) is 10.1 Å². The number of carbonyl (C=O) groups excluding carboxylic acids is 3. The van der Waals surface area contributed by atoms with Gasteiger partial charge in [-0.05, 0) is 31.4 Å². The van der Waals surface area contributed by atoms with Crippen molar-refractivity contribution in [1.82, 2.24) is 10.6 Å². The van der Waals surface area contributed by atoms with E-state index in [0.717, 1.165) is 12.8 Å². The molecule has 146 valence electrons. The molecule has 1 aliphatic carbocycles. The molecule has 2 fully saturated rings. The summed E-state index contributed by atoms with van der Waals surface area (Å²) in [5.41, 5.74) is 0.266.